The van der Waals surface area contributed by atoms with Gasteiger partial charge in [-0.25, -0.2) is 0 Å². The van der Waals surface area contributed by atoms with Crippen LogP contribution in [0, 0.1) is 0 Å². The lowest BCUT2D eigenvalue weighted by Crippen LogP contribution is -2.69. The van der Waals surface area contributed by atoms with E-state index >= 15 is 0 Å². The highest BCUT2D eigenvalue weighted by Gasteiger charge is 2.53. The van der Waals surface area contributed by atoms with Gasteiger partial charge in [-0.1, -0.05) is 0 Å². The Hall–Kier alpha value is -0.520. The molecule has 34 heavy (non-hydrogen) atoms. The van der Waals surface area contributed by atoms with Gasteiger partial charge in [0.1, 0.15) is 24.4 Å². The SMILES string of the molecule is CNC1C(OC2OC(C)C(N)C(O)C2O)O[C@H]2C[C@H](N)C(O[C@H]3CC[C@H](N)CC3N)OC2C1O. The first-order valence-corrected chi connectivity index (χ1v) is 12.1. The third-order valence-corrected chi connectivity index (χ3v) is 7.52. The summed E-state index contributed by atoms with van der Waals surface area (Å²) in [5, 5.41) is 34.7. The maximum Gasteiger partial charge on any atom is 0.189 e. The molecule has 0 aromatic heterocycles. The summed E-state index contributed by atoms with van der Waals surface area (Å²) in [5.41, 5.74) is 24.4. The highest BCUT2D eigenvalue weighted by atomic mass is 16.8. The lowest BCUT2D eigenvalue weighted by atomic mass is 9.88. The maximum atomic E-state index is 11.1. The summed E-state index contributed by atoms with van der Waals surface area (Å²) in [6.07, 6.45) is -6.13. The number of nitrogens with two attached hydrogens (primary N) is 4. The van der Waals surface area contributed by atoms with Gasteiger partial charge in [0.05, 0.1) is 36.4 Å². The Labute approximate surface area is 199 Å². The molecule has 0 aromatic rings. The number of fused-ring (bicyclic) bond motifs is 1. The molecule has 13 nitrogen and oxygen atoms in total. The van der Waals surface area contributed by atoms with Gasteiger partial charge in [0, 0.05) is 12.1 Å². The summed E-state index contributed by atoms with van der Waals surface area (Å²) in [7, 11) is 1.65. The molecule has 13 heteroatoms. The van der Waals surface area contributed by atoms with Crippen LogP contribution < -0.4 is 28.3 Å². The van der Waals surface area contributed by atoms with E-state index < -0.39 is 73.6 Å². The van der Waals surface area contributed by atoms with Gasteiger partial charge in [0.15, 0.2) is 18.9 Å². The first kappa shape index (κ1) is 26.5. The Morgan fingerprint density at radius 2 is 1.53 bits per heavy atom. The van der Waals surface area contributed by atoms with E-state index in [9.17, 15) is 15.3 Å². The number of aliphatic hydroxyl groups excluding tert-OH is 3. The molecule has 4 aliphatic rings. The van der Waals surface area contributed by atoms with Crippen molar-refractivity contribution < 1.29 is 39.0 Å². The molecule has 198 valence electrons. The van der Waals surface area contributed by atoms with E-state index in [-0.39, 0.29) is 18.2 Å². The average molecular weight is 492 g/mol. The van der Waals surface area contributed by atoms with Crippen LogP contribution in [0.25, 0.3) is 0 Å². The largest absolute Gasteiger partial charge is 0.388 e. The molecule has 0 amide bonds. The summed E-state index contributed by atoms with van der Waals surface area (Å²) in [5.74, 6) is 0. The molecular weight excluding hydrogens is 450 g/mol. The maximum absolute atomic E-state index is 11.1. The highest BCUT2D eigenvalue weighted by Crippen LogP contribution is 2.35. The summed E-state index contributed by atoms with van der Waals surface area (Å²) in [6, 6.07) is -2.13. The second kappa shape index (κ2) is 10.8. The van der Waals surface area contributed by atoms with E-state index in [1.54, 1.807) is 14.0 Å². The van der Waals surface area contributed by atoms with Gasteiger partial charge in [-0.2, -0.15) is 0 Å². The fourth-order valence-corrected chi connectivity index (χ4v) is 5.32. The second-order valence-corrected chi connectivity index (χ2v) is 10.0. The van der Waals surface area contributed by atoms with Crippen LogP contribution in [0.3, 0.4) is 0 Å². The second-order valence-electron chi connectivity index (χ2n) is 10.0. The molecule has 3 aliphatic heterocycles. The summed E-state index contributed by atoms with van der Waals surface area (Å²) in [6.45, 7) is 1.68. The van der Waals surface area contributed by atoms with Crippen LogP contribution in [0.4, 0.5) is 0 Å². The fourth-order valence-electron chi connectivity index (χ4n) is 5.32. The number of hydrogen-bond donors (Lipinski definition) is 8. The first-order valence-electron chi connectivity index (χ1n) is 12.1. The number of likely N-dealkylation sites (N-methyl/N-ethyl adjacent to an activating group) is 1. The van der Waals surface area contributed by atoms with Crippen LogP contribution in [0.1, 0.15) is 32.6 Å². The van der Waals surface area contributed by atoms with Crippen molar-refractivity contribution in [2.75, 3.05) is 7.05 Å². The molecule has 4 fully saturated rings. The number of aliphatic hydroxyl groups is 3. The minimum Gasteiger partial charge on any atom is -0.388 e. The van der Waals surface area contributed by atoms with Crippen molar-refractivity contribution in [3.8, 4) is 0 Å². The van der Waals surface area contributed by atoms with Crippen molar-refractivity contribution in [3.63, 3.8) is 0 Å². The minimum atomic E-state index is -1.38. The van der Waals surface area contributed by atoms with E-state index in [0.29, 0.717) is 12.8 Å². The van der Waals surface area contributed by atoms with Gasteiger partial charge in [-0.05, 0) is 39.7 Å². The third kappa shape index (κ3) is 5.27. The van der Waals surface area contributed by atoms with Crippen LogP contribution in [0.15, 0.2) is 0 Å². The zero-order chi connectivity index (χ0) is 24.7. The van der Waals surface area contributed by atoms with E-state index in [0.717, 1.165) is 12.8 Å². The van der Waals surface area contributed by atoms with Crippen molar-refractivity contribution in [1.82, 2.24) is 5.32 Å². The van der Waals surface area contributed by atoms with Crippen LogP contribution in [-0.4, -0.2) is 114 Å². The molecule has 3 saturated heterocycles. The van der Waals surface area contributed by atoms with Gasteiger partial charge < -0.3 is 67.3 Å². The van der Waals surface area contributed by atoms with Crippen LogP contribution in [0.2, 0.25) is 0 Å². The quantitative estimate of drug-likeness (QED) is 0.185. The normalized spacial score (nSPS) is 54.4. The predicted octanol–water partition coefficient (Wildman–Crippen LogP) is -3.86. The van der Waals surface area contributed by atoms with E-state index in [1.807, 2.05) is 0 Å². The average Bonchev–Trinajstić information content (AvgIpc) is 2.79. The highest BCUT2D eigenvalue weighted by molar-refractivity contribution is 5.00. The van der Waals surface area contributed by atoms with Crippen molar-refractivity contribution >= 4 is 0 Å². The molecule has 15 atom stereocenters. The third-order valence-electron chi connectivity index (χ3n) is 7.52. The molecule has 1 saturated carbocycles. The van der Waals surface area contributed by atoms with Crippen LogP contribution in [0.5, 0.6) is 0 Å². The lowest BCUT2D eigenvalue weighted by Gasteiger charge is -2.51. The van der Waals surface area contributed by atoms with Crippen LogP contribution in [-0.2, 0) is 23.7 Å². The number of nitrogens with one attached hydrogen (secondary N) is 1. The van der Waals surface area contributed by atoms with Crippen molar-refractivity contribution in [2.45, 2.75) is 124 Å². The Balaban J connectivity index is 1.41. The van der Waals surface area contributed by atoms with E-state index in [1.165, 1.54) is 0 Å². The summed E-state index contributed by atoms with van der Waals surface area (Å²) >= 11 is 0. The lowest BCUT2D eigenvalue weighted by molar-refractivity contribution is -0.369. The fraction of sp³-hybridized carbons (Fsp3) is 1.00. The van der Waals surface area contributed by atoms with Crippen molar-refractivity contribution in [1.29, 1.82) is 0 Å². The van der Waals surface area contributed by atoms with Gasteiger partial charge >= 0.3 is 0 Å². The van der Waals surface area contributed by atoms with Crippen molar-refractivity contribution in [3.05, 3.63) is 0 Å². The molecule has 11 unspecified atom stereocenters. The first-order chi connectivity index (χ1) is 16.1. The molecule has 4 rings (SSSR count). The van der Waals surface area contributed by atoms with Gasteiger partial charge in [0.25, 0.3) is 0 Å². The molecule has 0 spiro atoms. The Morgan fingerprint density at radius 3 is 2.21 bits per heavy atom. The van der Waals surface area contributed by atoms with Crippen molar-refractivity contribution in [2.24, 2.45) is 22.9 Å². The summed E-state index contributed by atoms with van der Waals surface area (Å²) < 4.78 is 29.8. The smallest absolute Gasteiger partial charge is 0.189 e. The van der Waals surface area contributed by atoms with Gasteiger partial charge in [-0.3, -0.25) is 0 Å². The number of rotatable bonds is 5. The standard InChI is InChI=1S/C21H41N5O8/c1-7-13(25)15(27)17(29)21(30-7)34-20-14(26-2)16(28)18-12(32-20)6-10(24)19(33-18)31-11-4-3-8(22)5-9(11)23/h7-21,26-29H,3-6,22-25H2,1-2H3/t7?,8-,9?,10-,11-,12-,13?,14?,15?,16?,17?,18?,19?,20?,21?/m0/s1. The molecule has 0 bridgehead atoms. The number of ether oxygens (including phenoxy) is 5. The van der Waals surface area contributed by atoms with E-state index in [4.69, 9.17) is 46.6 Å². The topological polar surface area (TPSA) is 223 Å². The zero-order valence-electron chi connectivity index (χ0n) is 19.7. The van der Waals surface area contributed by atoms with Crippen LogP contribution >= 0.6 is 0 Å². The molecule has 0 radical (unpaired) electrons. The van der Waals surface area contributed by atoms with E-state index in [2.05, 4.69) is 5.32 Å². The van der Waals surface area contributed by atoms with Gasteiger partial charge in [-0.15, -0.1) is 0 Å². The Morgan fingerprint density at radius 1 is 0.794 bits per heavy atom. The Kier molecular flexibility index (Phi) is 8.47. The monoisotopic (exact) mass is 491 g/mol. The zero-order valence-corrected chi connectivity index (χ0v) is 19.7. The minimum absolute atomic E-state index is 0.0635. The molecule has 3 heterocycles. The summed E-state index contributed by atoms with van der Waals surface area (Å²) in [4.78, 5) is 0. The predicted molar refractivity (Wildman–Crippen MR) is 119 cm³/mol. The molecule has 1 aliphatic carbocycles. The molecule has 0 aromatic carbocycles. The van der Waals surface area contributed by atoms with Gasteiger partial charge in [0.2, 0.25) is 0 Å². The Bertz CT molecular complexity index is 679. The molecule has 12 N–H and O–H groups in total. The number of hydrogen-bond acceptors (Lipinski definition) is 13. The molecular formula is C21H41N5O8.